The van der Waals surface area contributed by atoms with Crippen LogP contribution in [0.15, 0.2) is 34.9 Å². The number of hydrogen-bond donors (Lipinski definition) is 1. The molecule has 0 atom stereocenters. The van der Waals surface area contributed by atoms with Crippen LogP contribution in [0.25, 0.3) is 0 Å². The number of anilines is 1. The van der Waals surface area contributed by atoms with E-state index in [2.05, 4.69) is 11.4 Å². The molecule has 19 heavy (non-hydrogen) atoms. The van der Waals surface area contributed by atoms with E-state index in [0.717, 1.165) is 18.5 Å². The summed E-state index contributed by atoms with van der Waals surface area (Å²) < 4.78 is 5.18. The lowest BCUT2D eigenvalue weighted by molar-refractivity contribution is 0.102. The molecule has 0 spiro atoms. The van der Waals surface area contributed by atoms with Crippen molar-refractivity contribution in [1.82, 2.24) is 0 Å². The topological polar surface area (TPSA) is 42.2 Å². The van der Waals surface area contributed by atoms with Gasteiger partial charge in [-0.1, -0.05) is 12.1 Å². The van der Waals surface area contributed by atoms with Crippen molar-refractivity contribution in [1.29, 1.82) is 0 Å². The maximum absolute atomic E-state index is 12.2. The lowest BCUT2D eigenvalue weighted by atomic mass is 9.90. The van der Waals surface area contributed by atoms with Crippen LogP contribution in [0.4, 0.5) is 5.69 Å². The SMILES string of the molecule is Cc1occc1C(=O)Nc1cccc2c1CCCC2. The summed E-state index contributed by atoms with van der Waals surface area (Å²) in [7, 11) is 0. The van der Waals surface area contributed by atoms with Crippen LogP contribution in [0.2, 0.25) is 0 Å². The Hall–Kier alpha value is -2.03. The molecule has 1 aromatic carbocycles. The number of furan rings is 1. The Bertz CT molecular complexity index is 613. The van der Waals surface area contributed by atoms with Gasteiger partial charge in [0, 0.05) is 5.69 Å². The summed E-state index contributed by atoms with van der Waals surface area (Å²) in [4.78, 5) is 12.2. The smallest absolute Gasteiger partial charge is 0.259 e. The first-order valence-electron chi connectivity index (χ1n) is 6.72. The molecule has 2 aromatic rings. The number of benzene rings is 1. The van der Waals surface area contributed by atoms with Crippen LogP contribution in [0.3, 0.4) is 0 Å². The number of aryl methyl sites for hydroxylation is 2. The van der Waals surface area contributed by atoms with E-state index < -0.39 is 0 Å². The molecule has 0 fully saturated rings. The molecule has 3 nitrogen and oxygen atoms in total. The minimum absolute atomic E-state index is 0.0924. The van der Waals surface area contributed by atoms with Crippen LogP contribution < -0.4 is 5.32 Å². The zero-order valence-electron chi connectivity index (χ0n) is 11.0. The Morgan fingerprint density at radius 3 is 2.84 bits per heavy atom. The van der Waals surface area contributed by atoms with Crippen LogP contribution in [-0.4, -0.2) is 5.91 Å². The highest BCUT2D eigenvalue weighted by atomic mass is 16.3. The van der Waals surface area contributed by atoms with Gasteiger partial charge < -0.3 is 9.73 Å². The summed E-state index contributed by atoms with van der Waals surface area (Å²) >= 11 is 0. The molecule has 1 heterocycles. The third kappa shape index (κ3) is 2.28. The van der Waals surface area contributed by atoms with Crippen LogP contribution >= 0.6 is 0 Å². The standard InChI is InChI=1S/C16H17NO2/c1-11-13(9-10-19-11)16(18)17-15-8-4-6-12-5-2-3-7-14(12)15/h4,6,8-10H,2-3,5,7H2,1H3,(H,17,18). The Balaban J connectivity index is 1.88. The molecule has 0 saturated carbocycles. The van der Waals surface area contributed by atoms with Crippen molar-refractivity contribution < 1.29 is 9.21 Å². The summed E-state index contributed by atoms with van der Waals surface area (Å²) in [6.45, 7) is 1.80. The van der Waals surface area contributed by atoms with E-state index >= 15 is 0 Å². The highest BCUT2D eigenvalue weighted by Crippen LogP contribution is 2.28. The van der Waals surface area contributed by atoms with E-state index in [1.54, 1.807) is 19.3 Å². The summed E-state index contributed by atoms with van der Waals surface area (Å²) in [5.41, 5.74) is 4.22. The van der Waals surface area contributed by atoms with Crippen LogP contribution in [0.1, 0.15) is 40.1 Å². The molecule has 0 unspecified atom stereocenters. The molecule has 0 bridgehead atoms. The lowest BCUT2D eigenvalue weighted by Crippen LogP contribution is -2.15. The first-order chi connectivity index (χ1) is 9.25. The van der Waals surface area contributed by atoms with Gasteiger partial charge in [-0.2, -0.15) is 0 Å². The van der Waals surface area contributed by atoms with Gasteiger partial charge in [-0.05, 0) is 55.9 Å². The Morgan fingerprint density at radius 2 is 2.05 bits per heavy atom. The molecular formula is C16H17NO2. The van der Waals surface area contributed by atoms with E-state index in [0.29, 0.717) is 11.3 Å². The predicted molar refractivity (Wildman–Crippen MR) is 74.5 cm³/mol. The van der Waals surface area contributed by atoms with E-state index in [-0.39, 0.29) is 5.91 Å². The van der Waals surface area contributed by atoms with E-state index in [1.165, 1.54) is 24.0 Å². The number of carbonyl (C=O) groups is 1. The number of carbonyl (C=O) groups excluding carboxylic acids is 1. The largest absolute Gasteiger partial charge is 0.469 e. The van der Waals surface area contributed by atoms with Crippen molar-refractivity contribution >= 4 is 11.6 Å². The average molecular weight is 255 g/mol. The maximum Gasteiger partial charge on any atom is 0.259 e. The number of fused-ring (bicyclic) bond motifs is 1. The fourth-order valence-electron chi connectivity index (χ4n) is 2.71. The Morgan fingerprint density at radius 1 is 1.21 bits per heavy atom. The van der Waals surface area contributed by atoms with Gasteiger partial charge in [-0.3, -0.25) is 4.79 Å². The number of nitrogens with one attached hydrogen (secondary N) is 1. The van der Waals surface area contributed by atoms with Gasteiger partial charge in [0.1, 0.15) is 5.76 Å². The minimum Gasteiger partial charge on any atom is -0.469 e. The predicted octanol–water partition coefficient (Wildman–Crippen LogP) is 3.72. The van der Waals surface area contributed by atoms with Crippen molar-refractivity contribution in [2.75, 3.05) is 5.32 Å². The zero-order chi connectivity index (χ0) is 13.2. The van der Waals surface area contributed by atoms with Crippen LogP contribution in [0, 0.1) is 6.92 Å². The van der Waals surface area contributed by atoms with Gasteiger partial charge in [0.25, 0.3) is 5.91 Å². The molecule has 98 valence electrons. The molecule has 1 aliphatic rings. The third-order valence-electron chi connectivity index (χ3n) is 3.75. The quantitative estimate of drug-likeness (QED) is 0.888. The Labute approximate surface area is 112 Å². The van der Waals surface area contributed by atoms with Crippen molar-refractivity contribution in [3.63, 3.8) is 0 Å². The number of hydrogen-bond acceptors (Lipinski definition) is 2. The highest BCUT2D eigenvalue weighted by Gasteiger charge is 2.16. The molecule has 0 radical (unpaired) electrons. The molecule has 1 N–H and O–H groups in total. The fourth-order valence-corrected chi connectivity index (χ4v) is 2.71. The summed E-state index contributed by atoms with van der Waals surface area (Å²) in [6, 6.07) is 7.87. The Kier molecular flexibility index (Phi) is 3.11. The second-order valence-electron chi connectivity index (χ2n) is 4.99. The van der Waals surface area contributed by atoms with Crippen LogP contribution in [-0.2, 0) is 12.8 Å². The van der Waals surface area contributed by atoms with Gasteiger partial charge in [-0.15, -0.1) is 0 Å². The normalized spacial score (nSPS) is 13.9. The zero-order valence-corrected chi connectivity index (χ0v) is 11.0. The van der Waals surface area contributed by atoms with Crippen LogP contribution in [0.5, 0.6) is 0 Å². The molecule has 1 aliphatic carbocycles. The van der Waals surface area contributed by atoms with Gasteiger partial charge in [0.05, 0.1) is 11.8 Å². The molecule has 0 aliphatic heterocycles. The molecule has 0 saturated heterocycles. The first kappa shape index (κ1) is 12.0. The highest BCUT2D eigenvalue weighted by molar-refractivity contribution is 6.05. The lowest BCUT2D eigenvalue weighted by Gasteiger charge is -2.19. The first-order valence-corrected chi connectivity index (χ1v) is 6.72. The van der Waals surface area contributed by atoms with E-state index in [9.17, 15) is 4.79 Å². The molecule has 3 rings (SSSR count). The van der Waals surface area contributed by atoms with Gasteiger partial charge in [-0.25, -0.2) is 0 Å². The van der Waals surface area contributed by atoms with Crippen molar-refractivity contribution in [3.8, 4) is 0 Å². The summed E-state index contributed by atoms with van der Waals surface area (Å²) in [6.07, 6.45) is 6.15. The second-order valence-corrected chi connectivity index (χ2v) is 4.99. The van der Waals surface area contributed by atoms with E-state index in [1.807, 2.05) is 12.1 Å². The molecule has 1 amide bonds. The second kappa shape index (κ2) is 4.92. The van der Waals surface area contributed by atoms with E-state index in [4.69, 9.17) is 4.42 Å². The monoisotopic (exact) mass is 255 g/mol. The average Bonchev–Trinajstić information content (AvgIpc) is 2.85. The molecule has 1 aromatic heterocycles. The van der Waals surface area contributed by atoms with Crippen molar-refractivity contribution in [3.05, 3.63) is 53.0 Å². The van der Waals surface area contributed by atoms with Gasteiger partial charge in [0.15, 0.2) is 0 Å². The van der Waals surface area contributed by atoms with Crippen molar-refractivity contribution in [2.45, 2.75) is 32.6 Å². The van der Waals surface area contributed by atoms with Gasteiger partial charge >= 0.3 is 0 Å². The minimum atomic E-state index is -0.0924. The fraction of sp³-hybridized carbons (Fsp3) is 0.312. The summed E-state index contributed by atoms with van der Waals surface area (Å²) in [5.74, 6) is 0.563. The molecule has 3 heteroatoms. The number of rotatable bonds is 2. The summed E-state index contributed by atoms with van der Waals surface area (Å²) in [5, 5.41) is 3.01. The van der Waals surface area contributed by atoms with Crippen molar-refractivity contribution in [2.24, 2.45) is 0 Å². The molecular weight excluding hydrogens is 238 g/mol. The third-order valence-corrected chi connectivity index (χ3v) is 3.75. The van der Waals surface area contributed by atoms with Gasteiger partial charge in [0.2, 0.25) is 0 Å². The number of amides is 1. The maximum atomic E-state index is 12.2.